The van der Waals surface area contributed by atoms with Crippen LogP contribution in [0.1, 0.15) is 31.4 Å². The van der Waals surface area contributed by atoms with E-state index in [0.29, 0.717) is 6.54 Å². The Labute approximate surface area is 179 Å². The first-order valence-electron chi connectivity index (χ1n) is 10.7. The first kappa shape index (κ1) is 22.7. The number of rotatable bonds is 8. The minimum absolute atomic E-state index is 0.120. The number of nitrogens with zero attached hydrogens (tertiary/aromatic N) is 2. The molecule has 0 saturated carbocycles. The van der Waals surface area contributed by atoms with Gasteiger partial charge in [0.1, 0.15) is 0 Å². The van der Waals surface area contributed by atoms with Gasteiger partial charge in [-0.05, 0) is 37.5 Å². The maximum Gasteiger partial charge on any atom is 0.191 e. The molecule has 0 aliphatic carbocycles. The van der Waals surface area contributed by atoms with E-state index >= 15 is 0 Å². The number of hydrogen-bond acceptors (Lipinski definition) is 6. The van der Waals surface area contributed by atoms with Gasteiger partial charge in [-0.3, -0.25) is 9.89 Å². The summed E-state index contributed by atoms with van der Waals surface area (Å²) in [6.07, 6.45) is 2.18. The van der Waals surface area contributed by atoms with E-state index in [1.165, 1.54) is 5.56 Å². The van der Waals surface area contributed by atoms with E-state index in [9.17, 15) is 0 Å². The van der Waals surface area contributed by atoms with E-state index in [1.54, 1.807) is 21.3 Å². The molecule has 0 radical (unpaired) electrons. The van der Waals surface area contributed by atoms with Gasteiger partial charge in [0.15, 0.2) is 17.5 Å². The van der Waals surface area contributed by atoms with Crippen LogP contribution in [0.2, 0.25) is 0 Å². The maximum absolute atomic E-state index is 5.88. The summed E-state index contributed by atoms with van der Waals surface area (Å²) in [4.78, 5) is 6.84. The zero-order chi connectivity index (χ0) is 21.4. The molecule has 1 aromatic rings. The van der Waals surface area contributed by atoms with E-state index in [0.717, 1.165) is 69.8 Å². The highest BCUT2D eigenvalue weighted by atomic mass is 16.5. The Hall–Kier alpha value is -2.03. The summed E-state index contributed by atoms with van der Waals surface area (Å²) >= 11 is 0. The smallest absolute Gasteiger partial charge is 0.191 e. The van der Waals surface area contributed by atoms with Crippen LogP contribution in [0.5, 0.6) is 11.5 Å². The van der Waals surface area contributed by atoms with Crippen LogP contribution in [0, 0.1) is 0 Å². The van der Waals surface area contributed by atoms with Gasteiger partial charge in [-0.2, -0.15) is 0 Å². The molecule has 2 aliphatic heterocycles. The second-order valence-electron chi connectivity index (χ2n) is 7.99. The monoisotopic (exact) mass is 420 g/mol. The Kier molecular flexibility index (Phi) is 8.18. The number of aliphatic imine (C=N–C) groups is 1. The highest BCUT2D eigenvalue weighted by molar-refractivity contribution is 5.79. The summed E-state index contributed by atoms with van der Waals surface area (Å²) in [5, 5.41) is 6.93. The normalized spacial score (nSPS) is 23.8. The molecule has 1 aromatic carbocycles. The van der Waals surface area contributed by atoms with E-state index in [2.05, 4.69) is 39.6 Å². The van der Waals surface area contributed by atoms with Crippen molar-refractivity contribution < 1.29 is 18.9 Å². The van der Waals surface area contributed by atoms with E-state index in [-0.39, 0.29) is 11.6 Å². The molecule has 0 spiro atoms. The Morgan fingerprint density at radius 3 is 2.57 bits per heavy atom. The molecule has 0 bridgehead atoms. The van der Waals surface area contributed by atoms with Gasteiger partial charge in [-0.1, -0.05) is 6.07 Å². The lowest BCUT2D eigenvalue weighted by molar-refractivity contribution is 0.0166. The number of ether oxygens (including phenoxy) is 4. The number of nitrogens with one attached hydrogen (secondary N) is 2. The van der Waals surface area contributed by atoms with E-state index in [4.69, 9.17) is 18.9 Å². The number of guanidine groups is 1. The maximum atomic E-state index is 5.88. The van der Waals surface area contributed by atoms with Crippen molar-refractivity contribution in [1.82, 2.24) is 15.5 Å². The molecule has 2 unspecified atom stereocenters. The average Bonchev–Trinajstić information content (AvgIpc) is 3.23. The van der Waals surface area contributed by atoms with Crippen molar-refractivity contribution in [3.05, 3.63) is 23.8 Å². The van der Waals surface area contributed by atoms with Crippen molar-refractivity contribution in [2.75, 3.05) is 67.3 Å². The Bertz CT molecular complexity index is 700. The fraction of sp³-hybridized carbons (Fsp3) is 0.682. The van der Waals surface area contributed by atoms with E-state index < -0.39 is 0 Å². The lowest BCUT2D eigenvalue weighted by atomic mass is 10.0. The highest BCUT2D eigenvalue weighted by Crippen LogP contribution is 2.32. The summed E-state index contributed by atoms with van der Waals surface area (Å²) in [6.45, 7) is 7.71. The molecule has 2 saturated heterocycles. The van der Waals surface area contributed by atoms with Crippen LogP contribution in [0.15, 0.2) is 23.2 Å². The zero-order valence-electron chi connectivity index (χ0n) is 18.7. The Morgan fingerprint density at radius 1 is 1.17 bits per heavy atom. The van der Waals surface area contributed by atoms with Crippen molar-refractivity contribution in [3.63, 3.8) is 0 Å². The quantitative estimate of drug-likeness (QED) is 0.491. The molecule has 8 nitrogen and oxygen atoms in total. The van der Waals surface area contributed by atoms with Crippen LogP contribution >= 0.6 is 0 Å². The number of hydrogen-bond donors (Lipinski definition) is 2. The molecule has 3 rings (SSSR count). The van der Waals surface area contributed by atoms with Gasteiger partial charge in [0, 0.05) is 39.8 Å². The molecule has 2 aliphatic rings. The predicted octanol–water partition coefficient (Wildman–Crippen LogP) is 1.81. The molecule has 168 valence electrons. The molecule has 2 fully saturated rings. The highest BCUT2D eigenvalue weighted by Gasteiger charge is 2.30. The second kappa shape index (κ2) is 10.8. The molecular weight excluding hydrogens is 384 g/mol. The molecular formula is C22H36N4O4. The second-order valence-corrected chi connectivity index (χ2v) is 7.99. The van der Waals surface area contributed by atoms with Crippen LogP contribution in [0.25, 0.3) is 0 Å². The molecule has 2 N–H and O–H groups in total. The van der Waals surface area contributed by atoms with Gasteiger partial charge in [-0.25, -0.2) is 0 Å². The van der Waals surface area contributed by atoms with Crippen LogP contribution in [0.3, 0.4) is 0 Å². The summed E-state index contributed by atoms with van der Waals surface area (Å²) in [5.41, 5.74) is 1.05. The third-order valence-electron chi connectivity index (χ3n) is 5.90. The van der Waals surface area contributed by atoms with Gasteiger partial charge < -0.3 is 29.6 Å². The summed E-state index contributed by atoms with van der Waals surface area (Å²) in [6, 6.07) is 6.29. The minimum atomic E-state index is -0.120. The third kappa shape index (κ3) is 5.77. The minimum Gasteiger partial charge on any atom is -0.493 e. The molecule has 30 heavy (non-hydrogen) atoms. The van der Waals surface area contributed by atoms with Crippen molar-refractivity contribution in [3.8, 4) is 11.5 Å². The van der Waals surface area contributed by atoms with Crippen LogP contribution < -0.4 is 20.1 Å². The summed E-state index contributed by atoms with van der Waals surface area (Å²) < 4.78 is 22.4. The number of methoxy groups -OCH3 is 2. The summed E-state index contributed by atoms with van der Waals surface area (Å²) in [7, 11) is 5.12. The lowest BCUT2D eigenvalue weighted by Crippen LogP contribution is -2.49. The topological polar surface area (TPSA) is 76.6 Å². The van der Waals surface area contributed by atoms with Crippen LogP contribution in [-0.2, 0) is 9.47 Å². The van der Waals surface area contributed by atoms with Crippen LogP contribution in [-0.4, -0.2) is 83.7 Å². The van der Waals surface area contributed by atoms with Crippen molar-refractivity contribution >= 4 is 5.96 Å². The van der Waals surface area contributed by atoms with Gasteiger partial charge in [0.2, 0.25) is 0 Å². The standard InChI is InChI=1S/C22H36N4O4/c1-22(8-5-11-30-22)16-25-21(23-2)24-15-18(26-9-12-29-13-10-26)17-6-7-19(27-3)20(14-17)28-4/h6-7,14,18H,5,8-13,15-16H2,1-4H3,(H2,23,24,25). The average molecular weight is 421 g/mol. The third-order valence-corrected chi connectivity index (χ3v) is 5.90. The van der Waals surface area contributed by atoms with Gasteiger partial charge >= 0.3 is 0 Å². The molecule has 2 atom stereocenters. The molecule has 0 aromatic heterocycles. The predicted molar refractivity (Wildman–Crippen MR) is 118 cm³/mol. The van der Waals surface area contributed by atoms with Crippen molar-refractivity contribution in [1.29, 1.82) is 0 Å². The van der Waals surface area contributed by atoms with Crippen molar-refractivity contribution in [2.45, 2.75) is 31.4 Å². The van der Waals surface area contributed by atoms with Gasteiger partial charge in [0.05, 0.1) is 39.1 Å². The zero-order valence-corrected chi connectivity index (χ0v) is 18.7. The first-order valence-corrected chi connectivity index (χ1v) is 10.7. The number of morpholine rings is 1. The van der Waals surface area contributed by atoms with Crippen molar-refractivity contribution in [2.24, 2.45) is 4.99 Å². The SMILES string of the molecule is CN=C(NCC(c1ccc(OC)c(OC)c1)N1CCOCC1)NCC1(C)CCCO1. The molecule has 8 heteroatoms. The fourth-order valence-electron chi connectivity index (χ4n) is 4.07. The largest absolute Gasteiger partial charge is 0.493 e. The lowest BCUT2D eigenvalue weighted by Gasteiger charge is -2.35. The first-order chi connectivity index (χ1) is 14.6. The van der Waals surface area contributed by atoms with Crippen LogP contribution in [0.4, 0.5) is 0 Å². The van der Waals surface area contributed by atoms with Gasteiger partial charge in [0.25, 0.3) is 0 Å². The molecule has 0 amide bonds. The Balaban J connectivity index is 1.69. The van der Waals surface area contributed by atoms with Gasteiger partial charge in [-0.15, -0.1) is 0 Å². The van der Waals surface area contributed by atoms with E-state index in [1.807, 2.05) is 6.07 Å². The Morgan fingerprint density at radius 2 is 1.93 bits per heavy atom. The number of benzene rings is 1. The molecule has 2 heterocycles. The fourth-order valence-corrected chi connectivity index (χ4v) is 4.07. The summed E-state index contributed by atoms with van der Waals surface area (Å²) in [5.74, 6) is 2.25.